The molecule has 0 saturated heterocycles. The van der Waals surface area contributed by atoms with Gasteiger partial charge in [-0.15, -0.1) is 0 Å². The Kier molecular flexibility index (Phi) is 4.19. The summed E-state index contributed by atoms with van der Waals surface area (Å²) in [6.45, 7) is 0. The van der Waals surface area contributed by atoms with Crippen molar-refractivity contribution in [3.05, 3.63) is 30.3 Å². The first-order valence-electron chi connectivity index (χ1n) is 6.98. The van der Waals surface area contributed by atoms with E-state index in [4.69, 9.17) is 0 Å². The number of rotatable bonds is 4. The molecule has 1 aliphatic rings. The van der Waals surface area contributed by atoms with E-state index in [1.54, 1.807) is 0 Å². The van der Waals surface area contributed by atoms with Crippen molar-refractivity contribution in [2.24, 2.45) is 5.92 Å². The minimum atomic E-state index is -1.26. The molecule has 1 saturated carbocycles. The molecule has 0 N–H and O–H groups in total. The van der Waals surface area contributed by atoms with Crippen LogP contribution in [-0.4, -0.2) is 36.0 Å². The summed E-state index contributed by atoms with van der Waals surface area (Å²) < 4.78 is 14.0. The molecule has 2 aromatic rings. The molecule has 0 bridgehead atoms. The van der Waals surface area contributed by atoms with E-state index in [9.17, 15) is 9.00 Å². The summed E-state index contributed by atoms with van der Waals surface area (Å²) in [4.78, 5) is 11.2. The molecular weight excluding hydrogens is 288 g/mol. The maximum absolute atomic E-state index is 12.5. The Morgan fingerprint density at radius 3 is 2.62 bits per heavy atom. The second-order valence-corrected chi connectivity index (χ2v) is 6.59. The zero-order chi connectivity index (χ0) is 14.7. The highest BCUT2D eigenvalue weighted by molar-refractivity contribution is 7.84. The second-order valence-electron chi connectivity index (χ2n) is 5.20. The van der Waals surface area contributed by atoms with Crippen LogP contribution in [0.15, 0.2) is 35.5 Å². The van der Waals surface area contributed by atoms with Gasteiger partial charge in [0.15, 0.2) is 0 Å². The number of aromatic nitrogens is 4. The van der Waals surface area contributed by atoms with Crippen molar-refractivity contribution >= 4 is 16.6 Å². The van der Waals surface area contributed by atoms with Crippen molar-refractivity contribution in [1.82, 2.24) is 20.2 Å². The van der Waals surface area contributed by atoms with Crippen molar-refractivity contribution in [2.75, 3.05) is 5.75 Å². The van der Waals surface area contributed by atoms with E-state index in [0.717, 1.165) is 18.5 Å². The summed E-state index contributed by atoms with van der Waals surface area (Å²) in [7, 11) is -1.26. The van der Waals surface area contributed by atoms with Crippen molar-refractivity contribution in [3.63, 3.8) is 0 Å². The van der Waals surface area contributed by atoms with Gasteiger partial charge in [-0.05, 0) is 41.3 Å². The Hall–Kier alpha value is -1.89. The van der Waals surface area contributed by atoms with Crippen LogP contribution in [0.2, 0.25) is 0 Å². The summed E-state index contributed by atoms with van der Waals surface area (Å²) in [5.41, 5.74) is 0.796. The van der Waals surface area contributed by atoms with Crippen molar-refractivity contribution in [3.8, 4) is 5.69 Å². The number of carbonyl (C=O) groups is 1. The lowest BCUT2D eigenvalue weighted by atomic mass is 9.90. The van der Waals surface area contributed by atoms with Gasteiger partial charge in [-0.25, -0.2) is 0 Å². The number of para-hydroxylation sites is 1. The van der Waals surface area contributed by atoms with Gasteiger partial charge in [-0.3, -0.25) is 9.00 Å². The van der Waals surface area contributed by atoms with E-state index >= 15 is 0 Å². The molecule has 3 rings (SSSR count). The van der Waals surface area contributed by atoms with Crippen LogP contribution in [0.4, 0.5) is 0 Å². The van der Waals surface area contributed by atoms with Gasteiger partial charge < -0.3 is 0 Å². The van der Waals surface area contributed by atoms with E-state index in [1.165, 1.54) is 4.68 Å². The van der Waals surface area contributed by atoms with E-state index in [0.29, 0.717) is 35.5 Å². The summed E-state index contributed by atoms with van der Waals surface area (Å²) in [6.07, 6.45) is 2.84. The maximum Gasteiger partial charge on any atom is 0.244 e. The molecule has 1 aromatic carbocycles. The third-order valence-corrected chi connectivity index (χ3v) is 5.13. The molecule has 1 heterocycles. The minimum absolute atomic E-state index is 0.310. The van der Waals surface area contributed by atoms with Crippen LogP contribution in [0, 0.1) is 5.92 Å². The molecule has 0 radical (unpaired) electrons. The molecule has 21 heavy (non-hydrogen) atoms. The predicted molar refractivity (Wildman–Crippen MR) is 77.4 cm³/mol. The molecule has 0 aliphatic heterocycles. The topological polar surface area (TPSA) is 77.7 Å². The average molecular weight is 304 g/mol. The van der Waals surface area contributed by atoms with E-state index in [-0.39, 0.29) is 0 Å². The lowest BCUT2D eigenvalue weighted by Crippen LogP contribution is -2.20. The van der Waals surface area contributed by atoms with Gasteiger partial charge in [0.2, 0.25) is 5.16 Å². The molecule has 1 unspecified atom stereocenters. The maximum atomic E-state index is 12.5. The number of ketones is 1. The lowest BCUT2D eigenvalue weighted by Gasteiger charge is -2.19. The number of nitrogens with zero attached hydrogens (tertiary/aromatic N) is 4. The zero-order valence-electron chi connectivity index (χ0n) is 11.5. The van der Waals surface area contributed by atoms with Crippen molar-refractivity contribution in [2.45, 2.75) is 30.8 Å². The Morgan fingerprint density at radius 1 is 1.19 bits per heavy atom. The standard InChI is InChI=1S/C14H16N4O2S/c19-13-8-6-11(7-9-13)10-21(20)14-15-16-17-18(14)12-4-2-1-3-5-12/h1-5,11H,6-10H2. The van der Waals surface area contributed by atoms with Gasteiger partial charge in [0, 0.05) is 18.6 Å². The number of hydrogen-bond acceptors (Lipinski definition) is 5. The normalized spacial score (nSPS) is 17.8. The molecule has 1 fully saturated rings. The summed E-state index contributed by atoms with van der Waals surface area (Å²) in [5.74, 6) is 1.14. The fourth-order valence-electron chi connectivity index (χ4n) is 2.51. The van der Waals surface area contributed by atoms with Crippen LogP contribution in [0.1, 0.15) is 25.7 Å². The first-order chi connectivity index (χ1) is 10.2. The third kappa shape index (κ3) is 3.24. The molecule has 6 nitrogen and oxygen atoms in total. The SMILES string of the molecule is O=C1CCC(CS(=O)c2nnnn2-c2ccccc2)CC1. The molecule has 0 spiro atoms. The summed E-state index contributed by atoms with van der Waals surface area (Å²) in [6, 6.07) is 9.42. The molecule has 1 atom stereocenters. The Morgan fingerprint density at radius 2 is 1.90 bits per heavy atom. The van der Waals surface area contributed by atoms with Crippen LogP contribution < -0.4 is 0 Å². The summed E-state index contributed by atoms with van der Waals surface area (Å²) >= 11 is 0. The first kappa shape index (κ1) is 14.1. The first-order valence-corrected chi connectivity index (χ1v) is 8.30. The average Bonchev–Trinajstić information content (AvgIpc) is 3.00. The van der Waals surface area contributed by atoms with Gasteiger partial charge in [0.05, 0.1) is 16.5 Å². The molecule has 0 amide bonds. The van der Waals surface area contributed by atoms with E-state index in [2.05, 4.69) is 15.5 Å². The molecule has 7 heteroatoms. The van der Waals surface area contributed by atoms with Gasteiger partial charge in [-0.1, -0.05) is 23.3 Å². The lowest BCUT2D eigenvalue weighted by molar-refractivity contribution is -0.120. The molecule has 110 valence electrons. The Labute approximate surface area is 125 Å². The fourth-order valence-corrected chi connectivity index (χ4v) is 3.88. The fraction of sp³-hybridized carbons (Fsp3) is 0.429. The largest absolute Gasteiger partial charge is 0.300 e. The van der Waals surface area contributed by atoms with Crippen LogP contribution in [0.25, 0.3) is 5.69 Å². The smallest absolute Gasteiger partial charge is 0.244 e. The third-order valence-electron chi connectivity index (χ3n) is 3.70. The van der Waals surface area contributed by atoms with Gasteiger partial charge in [-0.2, -0.15) is 4.68 Å². The minimum Gasteiger partial charge on any atom is -0.300 e. The van der Waals surface area contributed by atoms with Crippen LogP contribution >= 0.6 is 0 Å². The number of hydrogen-bond donors (Lipinski definition) is 0. The molecule has 1 aliphatic carbocycles. The highest BCUT2D eigenvalue weighted by atomic mass is 32.2. The van der Waals surface area contributed by atoms with Gasteiger partial charge in [0.1, 0.15) is 5.78 Å². The zero-order valence-corrected chi connectivity index (χ0v) is 12.3. The predicted octanol–water partition coefficient (Wildman–Crippen LogP) is 1.53. The van der Waals surface area contributed by atoms with Gasteiger partial charge in [0.25, 0.3) is 0 Å². The quantitative estimate of drug-likeness (QED) is 0.856. The molecular formula is C14H16N4O2S. The van der Waals surface area contributed by atoms with Crippen LogP contribution in [0.5, 0.6) is 0 Å². The number of benzene rings is 1. The Balaban J connectivity index is 1.74. The highest BCUT2D eigenvalue weighted by Gasteiger charge is 2.24. The van der Waals surface area contributed by atoms with Crippen molar-refractivity contribution < 1.29 is 9.00 Å². The van der Waals surface area contributed by atoms with Crippen LogP contribution in [-0.2, 0) is 15.6 Å². The monoisotopic (exact) mass is 304 g/mol. The van der Waals surface area contributed by atoms with Gasteiger partial charge >= 0.3 is 0 Å². The summed E-state index contributed by atoms with van der Waals surface area (Å²) in [5, 5.41) is 11.8. The van der Waals surface area contributed by atoms with Crippen molar-refractivity contribution in [1.29, 1.82) is 0 Å². The number of tetrazole rings is 1. The second kappa shape index (κ2) is 6.26. The van der Waals surface area contributed by atoms with E-state index in [1.807, 2.05) is 30.3 Å². The Bertz CT molecular complexity index is 646. The van der Waals surface area contributed by atoms with Crippen LogP contribution in [0.3, 0.4) is 0 Å². The highest BCUT2D eigenvalue weighted by Crippen LogP contribution is 2.23. The number of Topliss-reactive ketones (excluding diaryl/α,β-unsaturated/α-hetero) is 1. The van der Waals surface area contributed by atoms with E-state index < -0.39 is 10.8 Å². The number of carbonyl (C=O) groups excluding carboxylic acids is 1. The molecule has 1 aromatic heterocycles.